The number of hydrogen-bond acceptors (Lipinski definition) is 2. The van der Waals surface area contributed by atoms with Crippen LogP contribution in [0.1, 0.15) is 0 Å². The molecule has 1 aromatic heterocycles. The zero-order valence-corrected chi connectivity index (χ0v) is 5.86. The molecule has 0 fully saturated rings. The van der Waals surface area contributed by atoms with Gasteiger partial charge in [0.05, 0.1) is 0 Å². The molecule has 0 unspecified atom stereocenters. The third kappa shape index (κ3) is 0.739. The first-order chi connectivity index (χ1) is 2.89. The number of nitrogens with zero attached hydrogens (tertiary/aromatic N) is 1. The van der Waals surface area contributed by atoms with E-state index in [2.05, 4.69) is 9.68 Å². The molecule has 1 aromatic rings. The van der Waals surface area contributed by atoms with Crippen molar-refractivity contribution in [3.63, 3.8) is 0 Å². The summed E-state index contributed by atoms with van der Waals surface area (Å²) in [5.74, 6) is 0. The Morgan fingerprint density at radius 1 is 1.83 bits per heavy atom. The Hall–Kier alpha value is 0.00870. The maximum atomic E-state index is 4.49. The van der Waals surface area contributed by atoms with Crippen LogP contribution in [-0.4, -0.2) is 27.7 Å². The van der Waals surface area contributed by atoms with E-state index >= 15 is 0 Å². The van der Waals surface area contributed by atoms with E-state index in [4.69, 9.17) is 0 Å². The maximum absolute atomic E-state index is 4.49. The van der Waals surface area contributed by atoms with Crippen molar-refractivity contribution >= 4 is 26.1 Å². The Bertz CT molecular complexity index is 114. The molecule has 1 heterocycles. The summed E-state index contributed by atoms with van der Waals surface area (Å²) in [4.78, 5) is 0. The molecule has 0 aliphatic heterocycles. The molecule has 0 aliphatic carbocycles. The molecule has 3 radical (unpaired) electrons. The molecule has 0 bridgehead atoms. The fourth-order valence-electron chi connectivity index (χ4n) is 0.205. The third-order valence-corrected chi connectivity index (χ3v) is 1.14. The molecule has 3 heteroatoms. The summed E-state index contributed by atoms with van der Waals surface area (Å²) >= 11 is 1.35. The van der Waals surface area contributed by atoms with Crippen LogP contribution in [0.3, 0.4) is 0 Å². The second-order valence-electron chi connectivity index (χ2n) is 0.913. The zero-order valence-electron chi connectivity index (χ0n) is 3.01. The van der Waals surface area contributed by atoms with Crippen LogP contribution in [0.15, 0.2) is 17.0 Å². The van der Waals surface area contributed by atoms with Crippen molar-refractivity contribution in [3.8, 4) is 0 Å². The Morgan fingerprint density at radius 3 is 2.83 bits per heavy atom. The minimum atomic E-state index is 1.15. The first-order valence-corrected chi connectivity index (χ1v) is 2.93. The van der Waals surface area contributed by atoms with Crippen LogP contribution < -0.4 is 3.58 Å². The molecule has 1 rings (SSSR count). The van der Waals surface area contributed by atoms with Crippen LogP contribution >= 0.6 is 0 Å². The van der Waals surface area contributed by atoms with Crippen molar-refractivity contribution in [2.75, 3.05) is 0 Å². The molecule has 0 saturated carbocycles. The monoisotopic (exact) mass is 188 g/mol. The van der Waals surface area contributed by atoms with E-state index in [1.54, 1.807) is 12.5 Å². The fraction of sp³-hybridized carbons (Fsp3) is 0. The average molecular weight is 187 g/mol. The minimum absolute atomic E-state index is 1.15. The van der Waals surface area contributed by atoms with E-state index < -0.39 is 0 Å². The van der Waals surface area contributed by atoms with E-state index in [1.165, 1.54) is 22.5 Å². The van der Waals surface area contributed by atoms with Crippen molar-refractivity contribution in [1.82, 2.24) is 5.16 Å². The van der Waals surface area contributed by atoms with Gasteiger partial charge in [0, 0.05) is 0 Å². The molecule has 2 nitrogen and oxygen atoms in total. The molecule has 0 aromatic carbocycles. The first-order valence-electron chi connectivity index (χ1n) is 1.50. The Balaban J connectivity index is 3.05. The second kappa shape index (κ2) is 1.64. The average Bonchev–Trinajstić information content (AvgIpc) is 1.86. The molecule has 0 aliphatic rings. The third-order valence-electron chi connectivity index (χ3n) is 0.432. The van der Waals surface area contributed by atoms with Gasteiger partial charge in [-0.2, -0.15) is 0 Å². The van der Waals surface area contributed by atoms with Gasteiger partial charge in [-0.15, -0.1) is 0 Å². The van der Waals surface area contributed by atoms with E-state index in [-0.39, 0.29) is 0 Å². The van der Waals surface area contributed by atoms with Gasteiger partial charge >= 0.3 is 48.2 Å². The Morgan fingerprint density at radius 2 is 2.67 bits per heavy atom. The standard InChI is InChI=1S/C3H2NO.Sn/c1-2-4-5-3-1;/h2-3H;. The fourth-order valence-corrected chi connectivity index (χ4v) is 0.506. The second-order valence-corrected chi connectivity index (χ2v) is 2.56. The van der Waals surface area contributed by atoms with Gasteiger partial charge in [-0.05, 0) is 0 Å². The number of hydrogen-bond donors (Lipinski definition) is 0. The summed E-state index contributed by atoms with van der Waals surface area (Å²) in [5.41, 5.74) is 0. The topological polar surface area (TPSA) is 26.0 Å². The summed E-state index contributed by atoms with van der Waals surface area (Å²) in [6.45, 7) is 0. The first kappa shape index (κ1) is 4.18. The van der Waals surface area contributed by atoms with Crippen molar-refractivity contribution < 1.29 is 4.52 Å². The summed E-state index contributed by atoms with van der Waals surface area (Å²) in [6, 6.07) is 0. The summed E-state index contributed by atoms with van der Waals surface area (Å²) in [6.07, 6.45) is 3.34. The predicted molar refractivity (Wildman–Crippen MR) is 21.9 cm³/mol. The molecule has 0 spiro atoms. The van der Waals surface area contributed by atoms with Crippen LogP contribution in [0.25, 0.3) is 0 Å². The van der Waals surface area contributed by atoms with Gasteiger partial charge in [-0.25, -0.2) is 0 Å². The molecule has 0 amide bonds. The SMILES string of the molecule is [Sn][c]1cnoc1. The van der Waals surface area contributed by atoms with Crippen molar-refractivity contribution in [2.24, 2.45) is 0 Å². The van der Waals surface area contributed by atoms with Gasteiger partial charge in [-0.1, -0.05) is 0 Å². The predicted octanol–water partition coefficient (Wildman–Crippen LogP) is -0.532. The number of rotatable bonds is 0. The van der Waals surface area contributed by atoms with Crippen molar-refractivity contribution in [2.45, 2.75) is 0 Å². The van der Waals surface area contributed by atoms with Gasteiger partial charge in [0.15, 0.2) is 0 Å². The van der Waals surface area contributed by atoms with Crippen LogP contribution in [0.4, 0.5) is 0 Å². The molecule has 0 N–H and O–H groups in total. The molecule has 29 valence electrons. The van der Waals surface area contributed by atoms with Gasteiger partial charge in [0.25, 0.3) is 0 Å². The van der Waals surface area contributed by atoms with Gasteiger partial charge in [0.2, 0.25) is 0 Å². The molecule has 0 saturated heterocycles. The molecule has 6 heavy (non-hydrogen) atoms. The summed E-state index contributed by atoms with van der Waals surface area (Å²) in [5, 5.41) is 3.47. The van der Waals surface area contributed by atoms with Crippen LogP contribution in [0.2, 0.25) is 0 Å². The quantitative estimate of drug-likeness (QED) is 0.510. The molecular formula is C3H2NOSn. The van der Waals surface area contributed by atoms with Gasteiger partial charge in [-0.3, -0.25) is 0 Å². The summed E-state index contributed by atoms with van der Waals surface area (Å²) < 4.78 is 5.64. The van der Waals surface area contributed by atoms with Gasteiger partial charge < -0.3 is 0 Å². The van der Waals surface area contributed by atoms with Crippen molar-refractivity contribution in [1.29, 1.82) is 0 Å². The van der Waals surface area contributed by atoms with E-state index in [9.17, 15) is 0 Å². The normalized spacial score (nSPS) is 8.83. The van der Waals surface area contributed by atoms with Gasteiger partial charge in [0.1, 0.15) is 0 Å². The van der Waals surface area contributed by atoms with E-state index in [1.807, 2.05) is 0 Å². The summed E-state index contributed by atoms with van der Waals surface area (Å²) in [7, 11) is 0. The number of aromatic nitrogens is 1. The zero-order chi connectivity index (χ0) is 4.41. The Kier molecular flexibility index (Phi) is 1.14. The molecular weight excluding hydrogens is 185 g/mol. The van der Waals surface area contributed by atoms with Crippen LogP contribution in [0.5, 0.6) is 0 Å². The van der Waals surface area contributed by atoms with Crippen LogP contribution in [-0.2, 0) is 0 Å². The Labute approximate surface area is 48.6 Å². The van der Waals surface area contributed by atoms with E-state index in [0.717, 1.165) is 3.58 Å². The van der Waals surface area contributed by atoms with Crippen molar-refractivity contribution in [3.05, 3.63) is 12.5 Å². The molecule has 0 atom stereocenters. The van der Waals surface area contributed by atoms with E-state index in [0.29, 0.717) is 0 Å². The van der Waals surface area contributed by atoms with Crippen LogP contribution in [0, 0.1) is 0 Å².